The SMILES string of the molecule is CCCCCCCCC(NCCC)c1cc(OC)cs1. The topological polar surface area (TPSA) is 21.3 Å². The van der Waals surface area contributed by atoms with E-state index in [9.17, 15) is 0 Å². The number of hydrogen-bond donors (Lipinski definition) is 1. The van der Waals surface area contributed by atoms with Crippen LogP contribution in [0.5, 0.6) is 5.75 Å². The molecule has 0 radical (unpaired) electrons. The second-order valence-electron chi connectivity index (χ2n) is 5.45. The Bertz CT molecular complexity index is 337. The number of nitrogens with one attached hydrogen (secondary N) is 1. The van der Waals surface area contributed by atoms with Crippen molar-refractivity contribution in [3.63, 3.8) is 0 Å². The number of methoxy groups -OCH3 is 1. The van der Waals surface area contributed by atoms with Crippen LogP contribution in [0.3, 0.4) is 0 Å². The molecule has 0 aliphatic heterocycles. The highest BCUT2D eigenvalue weighted by molar-refractivity contribution is 7.10. The molecule has 0 aliphatic carbocycles. The highest BCUT2D eigenvalue weighted by Gasteiger charge is 2.13. The Morgan fingerprint density at radius 2 is 1.85 bits per heavy atom. The molecule has 0 aliphatic rings. The molecule has 0 fully saturated rings. The minimum absolute atomic E-state index is 0.509. The van der Waals surface area contributed by atoms with Gasteiger partial charge >= 0.3 is 0 Å². The van der Waals surface area contributed by atoms with Crippen LogP contribution >= 0.6 is 11.3 Å². The van der Waals surface area contributed by atoms with Crippen LogP contribution in [0.4, 0.5) is 0 Å². The first-order chi connectivity index (χ1) is 9.81. The molecule has 0 saturated carbocycles. The summed E-state index contributed by atoms with van der Waals surface area (Å²) in [4.78, 5) is 1.42. The van der Waals surface area contributed by atoms with Gasteiger partial charge in [0.1, 0.15) is 5.75 Å². The standard InChI is InChI=1S/C17H31NOS/c1-4-6-7-8-9-10-11-16(18-12-5-2)17-13-15(19-3)14-20-17/h13-14,16,18H,4-12H2,1-3H3. The van der Waals surface area contributed by atoms with Gasteiger partial charge in [0.2, 0.25) is 0 Å². The third-order valence-electron chi connectivity index (χ3n) is 3.66. The highest BCUT2D eigenvalue weighted by Crippen LogP contribution is 2.30. The van der Waals surface area contributed by atoms with Crippen LogP contribution in [-0.4, -0.2) is 13.7 Å². The minimum atomic E-state index is 0.509. The zero-order chi connectivity index (χ0) is 14.6. The number of thiophene rings is 1. The smallest absolute Gasteiger partial charge is 0.129 e. The highest BCUT2D eigenvalue weighted by atomic mass is 32.1. The molecule has 0 spiro atoms. The summed E-state index contributed by atoms with van der Waals surface area (Å²) in [7, 11) is 1.74. The summed E-state index contributed by atoms with van der Waals surface area (Å²) in [6.07, 6.45) is 10.6. The van der Waals surface area contributed by atoms with E-state index in [-0.39, 0.29) is 0 Å². The predicted octanol–water partition coefficient (Wildman–Crippen LogP) is 5.55. The van der Waals surface area contributed by atoms with Crippen LogP contribution in [0.15, 0.2) is 11.4 Å². The van der Waals surface area contributed by atoms with Crippen molar-refractivity contribution in [2.45, 2.75) is 71.3 Å². The Morgan fingerprint density at radius 1 is 1.10 bits per heavy atom. The molecule has 2 nitrogen and oxygen atoms in total. The normalized spacial score (nSPS) is 12.6. The first kappa shape index (κ1) is 17.5. The zero-order valence-electron chi connectivity index (χ0n) is 13.4. The fourth-order valence-electron chi connectivity index (χ4n) is 2.42. The largest absolute Gasteiger partial charge is 0.496 e. The monoisotopic (exact) mass is 297 g/mol. The fraction of sp³-hybridized carbons (Fsp3) is 0.765. The Balaban J connectivity index is 2.35. The molecule has 1 atom stereocenters. The van der Waals surface area contributed by atoms with Crippen molar-refractivity contribution in [3.8, 4) is 5.75 Å². The van der Waals surface area contributed by atoms with Gasteiger partial charge in [0.05, 0.1) is 7.11 Å². The Morgan fingerprint density at radius 3 is 2.50 bits per heavy atom. The Hall–Kier alpha value is -0.540. The summed E-state index contributed by atoms with van der Waals surface area (Å²) < 4.78 is 5.30. The Kier molecular flexibility index (Phi) is 9.77. The van der Waals surface area contributed by atoms with Crippen LogP contribution in [0, 0.1) is 0 Å². The molecule has 0 aromatic carbocycles. The van der Waals surface area contributed by atoms with Crippen LogP contribution in [0.2, 0.25) is 0 Å². The Labute approximate surface area is 128 Å². The average molecular weight is 298 g/mol. The van der Waals surface area contributed by atoms with E-state index in [0.717, 1.165) is 12.3 Å². The summed E-state index contributed by atoms with van der Waals surface area (Å²) in [5.74, 6) is 0.997. The summed E-state index contributed by atoms with van der Waals surface area (Å²) in [6.45, 7) is 5.60. The van der Waals surface area contributed by atoms with E-state index < -0.39 is 0 Å². The lowest BCUT2D eigenvalue weighted by Crippen LogP contribution is -2.21. The molecular weight excluding hydrogens is 266 g/mol. The van der Waals surface area contributed by atoms with Gasteiger partial charge in [0.25, 0.3) is 0 Å². The van der Waals surface area contributed by atoms with Crippen LogP contribution in [0.25, 0.3) is 0 Å². The van der Waals surface area contributed by atoms with Crippen LogP contribution in [0.1, 0.15) is 76.1 Å². The maximum Gasteiger partial charge on any atom is 0.129 e. The van der Waals surface area contributed by atoms with Crippen molar-refractivity contribution in [1.82, 2.24) is 5.32 Å². The maximum atomic E-state index is 5.30. The second kappa shape index (κ2) is 11.2. The van der Waals surface area contributed by atoms with Crippen LogP contribution in [-0.2, 0) is 0 Å². The third kappa shape index (κ3) is 6.76. The molecule has 1 unspecified atom stereocenters. The number of rotatable bonds is 12. The summed E-state index contributed by atoms with van der Waals surface area (Å²) in [6, 6.07) is 2.70. The van der Waals surface area contributed by atoms with E-state index in [1.54, 1.807) is 7.11 Å². The molecule has 116 valence electrons. The first-order valence-electron chi connectivity index (χ1n) is 8.17. The maximum absolute atomic E-state index is 5.30. The van der Waals surface area contributed by atoms with Gasteiger partial charge in [-0.05, 0) is 25.5 Å². The number of hydrogen-bond acceptors (Lipinski definition) is 3. The molecule has 1 rings (SSSR count). The van der Waals surface area contributed by atoms with Crippen molar-refractivity contribution in [1.29, 1.82) is 0 Å². The molecule has 1 heterocycles. The molecule has 20 heavy (non-hydrogen) atoms. The van der Waals surface area contributed by atoms with Crippen molar-refractivity contribution < 1.29 is 4.74 Å². The predicted molar refractivity (Wildman–Crippen MR) is 89.9 cm³/mol. The van der Waals surface area contributed by atoms with Gasteiger partial charge in [-0.15, -0.1) is 11.3 Å². The molecule has 1 aromatic rings. The van der Waals surface area contributed by atoms with Crippen LogP contribution < -0.4 is 10.1 Å². The number of unbranched alkanes of at least 4 members (excludes halogenated alkanes) is 5. The molecule has 1 aromatic heterocycles. The lowest BCUT2D eigenvalue weighted by atomic mass is 10.0. The number of ether oxygens (including phenoxy) is 1. The molecule has 3 heteroatoms. The summed E-state index contributed by atoms with van der Waals surface area (Å²) in [5, 5.41) is 5.79. The van der Waals surface area contributed by atoms with Gasteiger partial charge < -0.3 is 10.1 Å². The van der Waals surface area contributed by atoms with E-state index in [1.807, 2.05) is 11.3 Å². The van der Waals surface area contributed by atoms with E-state index in [0.29, 0.717) is 6.04 Å². The van der Waals surface area contributed by atoms with E-state index >= 15 is 0 Å². The second-order valence-corrected chi connectivity index (χ2v) is 6.39. The molecule has 0 amide bonds. The third-order valence-corrected chi connectivity index (χ3v) is 4.69. The van der Waals surface area contributed by atoms with Gasteiger partial charge in [0.15, 0.2) is 0 Å². The minimum Gasteiger partial charge on any atom is -0.496 e. The fourth-order valence-corrected chi connectivity index (χ4v) is 3.38. The van der Waals surface area contributed by atoms with Gasteiger partial charge in [0, 0.05) is 16.3 Å². The summed E-state index contributed by atoms with van der Waals surface area (Å²) >= 11 is 1.82. The molecular formula is C17H31NOS. The lowest BCUT2D eigenvalue weighted by molar-refractivity contribution is 0.415. The van der Waals surface area contributed by atoms with Crippen molar-refractivity contribution in [2.24, 2.45) is 0 Å². The van der Waals surface area contributed by atoms with Gasteiger partial charge in [-0.2, -0.15) is 0 Å². The average Bonchev–Trinajstić information content (AvgIpc) is 2.94. The van der Waals surface area contributed by atoms with E-state index in [1.165, 1.54) is 56.2 Å². The molecule has 0 saturated heterocycles. The lowest BCUT2D eigenvalue weighted by Gasteiger charge is -2.17. The van der Waals surface area contributed by atoms with Crippen molar-refractivity contribution in [3.05, 3.63) is 16.3 Å². The van der Waals surface area contributed by atoms with Gasteiger partial charge in [-0.3, -0.25) is 0 Å². The molecule has 0 bridgehead atoms. The van der Waals surface area contributed by atoms with Crippen molar-refractivity contribution >= 4 is 11.3 Å². The first-order valence-corrected chi connectivity index (χ1v) is 9.05. The van der Waals surface area contributed by atoms with Gasteiger partial charge in [-0.1, -0.05) is 52.4 Å². The van der Waals surface area contributed by atoms with Gasteiger partial charge in [-0.25, -0.2) is 0 Å². The van der Waals surface area contributed by atoms with Crippen molar-refractivity contribution in [2.75, 3.05) is 13.7 Å². The van der Waals surface area contributed by atoms with E-state index in [2.05, 4.69) is 30.6 Å². The van der Waals surface area contributed by atoms with E-state index in [4.69, 9.17) is 4.74 Å². The molecule has 1 N–H and O–H groups in total. The summed E-state index contributed by atoms with van der Waals surface area (Å²) in [5.41, 5.74) is 0. The zero-order valence-corrected chi connectivity index (χ0v) is 14.2. The quantitative estimate of drug-likeness (QED) is 0.511.